The van der Waals surface area contributed by atoms with Crippen LogP contribution in [0.1, 0.15) is 18.1 Å². The van der Waals surface area contributed by atoms with E-state index in [9.17, 15) is 4.79 Å². The van der Waals surface area contributed by atoms with Crippen molar-refractivity contribution < 1.29 is 4.79 Å². The molecule has 1 aliphatic heterocycles. The zero-order valence-corrected chi connectivity index (χ0v) is 11.8. The van der Waals surface area contributed by atoms with Gasteiger partial charge in [-0.05, 0) is 43.2 Å². The maximum Gasteiger partial charge on any atom is 0.274 e. The van der Waals surface area contributed by atoms with Gasteiger partial charge in [0.15, 0.2) is 0 Å². The smallest absolute Gasteiger partial charge is 0.274 e. The summed E-state index contributed by atoms with van der Waals surface area (Å²) in [7, 11) is 0. The van der Waals surface area contributed by atoms with Gasteiger partial charge in [-0.2, -0.15) is 0 Å². The third-order valence-corrected chi connectivity index (χ3v) is 3.52. The molecule has 106 valence electrons. The predicted molar refractivity (Wildman–Crippen MR) is 85.6 cm³/mol. The molecule has 0 saturated heterocycles. The third-order valence-electron chi connectivity index (χ3n) is 3.52. The van der Waals surface area contributed by atoms with Crippen LogP contribution in [0, 0.1) is 0 Å². The quantitative estimate of drug-likeness (QED) is 0.830. The molecule has 0 saturated carbocycles. The van der Waals surface area contributed by atoms with Gasteiger partial charge in [-0.1, -0.05) is 24.3 Å². The van der Waals surface area contributed by atoms with Crippen LogP contribution in [0.15, 0.2) is 53.5 Å². The Morgan fingerprint density at radius 1 is 1.19 bits per heavy atom. The summed E-state index contributed by atoms with van der Waals surface area (Å²) in [5.74, 6) is -0.182. The maximum atomic E-state index is 12.5. The molecule has 0 fully saturated rings. The molecule has 1 amide bonds. The number of aliphatic imine (C=N–C) groups is 1. The van der Waals surface area contributed by atoms with E-state index in [0.717, 1.165) is 12.0 Å². The highest BCUT2D eigenvalue weighted by Crippen LogP contribution is 2.20. The zero-order chi connectivity index (χ0) is 14.8. The summed E-state index contributed by atoms with van der Waals surface area (Å²) in [6, 6.07) is 15.1. The molecule has 1 heterocycles. The molecule has 2 aromatic carbocycles. The Balaban J connectivity index is 1.88. The summed E-state index contributed by atoms with van der Waals surface area (Å²) in [5.41, 5.74) is 9.62. The van der Waals surface area contributed by atoms with Crippen molar-refractivity contribution in [3.63, 3.8) is 0 Å². The van der Waals surface area contributed by atoms with Crippen LogP contribution in [0.25, 0.3) is 0 Å². The lowest BCUT2D eigenvalue weighted by Gasteiger charge is -2.20. The van der Waals surface area contributed by atoms with E-state index in [4.69, 9.17) is 5.73 Å². The molecule has 4 heteroatoms. The molecule has 0 aliphatic carbocycles. The fraction of sp³-hybridized carbons (Fsp3) is 0.176. The number of hydrogen-bond acceptors (Lipinski definition) is 3. The van der Waals surface area contributed by atoms with Crippen LogP contribution < -0.4 is 11.1 Å². The number of fused-ring (bicyclic) bond motifs is 1. The number of nitrogens with one attached hydrogen (secondary N) is 1. The SMILES string of the molecule is CC1Cc2ccccc2C(C(=O)Nc2ccc(N)cc2)=N1. The first kappa shape index (κ1) is 13.4. The first-order valence-corrected chi connectivity index (χ1v) is 6.96. The lowest BCUT2D eigenvalue weighted by molar-refractivity contribution is -0.110. The van der Waals surface area contributed by atoms with E-state index in [0.29, 0.717) is 17.1 Å². The third kappa shape index (κ3) is 2.79. The number of hydrogen-bond donors (Lipinski definition) is 2. The summed E-state index contributed by atoms with van der Waals surface area (Å²) >= 11 is 0. The molecule has 3 N–H and O–H groups in total. The predicted octanol–water partition coefficient (Wildman–Crippen LogP) is 2.64. The molecule has 1 aliphatic rings. The van der Waals surface area contributed by atoms with Crippen LogP contribution >= 0.6 is 0 Å². The summed E-state index contributed by atoms with van der Waals surface area (Å²) in [6.45, 7) is 2.02. The lowest BCUT2D eigenvalue weighted by Crippen LogP contribution is -2.30. The van der Waals surface area contributed by atoms with Crippen molar-refractivity contribution in [3.05, 3.63) is 59.7 Å². The van der Waals surface area contributed by atoms with Crippen molar-refractivity contribution in [2.24, 2.45) is 4.99 Å². The molecule has 3 rings (SSSR count). The standard InChI is InChI=1S/C17H17N3O/c1-11-10-12-4-2-3-5-15(12)16(19-11)17(21)20-14-8-6-13(18)7-9-14/h2-9,11H,10,18H2,1H3,(H,20,21). The van der Waals surface area contributed by atoms with Gasteiger partial charge in [0.05, 0.1) is 6.04 Å². The second-order valence-electron chi connectivity index (χ2n) is 5.26. The summed E-state index contributed by atoms with van der Waals surface area (Å²) in [6.07, 6.45) is 0.870. The molecule has 1 atom stereocenters. The fourth-order valence-corrected chi connectivity index (χ4v) is 2.52. The molecule has 0 aromatic heterocycles. The number of nitrogens with two attached hydrogens (primary N) is 1. The summed E-state index contributed by atoms with van der Waals surface area (Å²) in [4.78, 5) is 17.0. The molecular weight excluding hydrogens is 262 g/mol. The lowest BCUT2D eigenvalue weighted by atomic mass is 9.94. The Hall–Kier alpha value is -2.62. The van der Waals surface area contributed by atoms with Gasteiger partial charge in [0.25, 0.3) is 5.91 Å². The van der Waals surface area contributed by atoms with E-state index in [-0.39, 0.29) is 11.9 Å². The van der Waals surface area contributed by atoms with Gasteiger partial charge in [-0.25, -0.2) is 0 Å². The topological polar surface area (TPSA) is 67.5 Å². The minimum absolute atomic E-state index is 0.118. The normalized spacial score (nSPS) is 16.8. The van der Waals surface area contributed by atoms with Crippen LogP contribution in [0.5, 0.6) is 0 Å². The Morgan fingerprint density at radius 2 is 1.90 bits per heavy atom. The first-order chi connectivity index (χ1) is 10.1. The van der Waals surface area contributed by atoms with E-state index < -0.39 is 0 Å². The van der Waals surface area contributed by atoms with Crippen LogP contribution in [0.2, 0.25) is 0 Å². The minimum atomic E-state index is -0.182. The van der Waals surface area contributed by atoms with Gasteiger partial charge in [0.2, 0.25) is 0 Å². The Bertz CT molecular complexity index is 704. The van der Waals surface area contributed by atoms with Crippen LogP contribution in [-0.4, -0.2) is 17.7 Å². The summed E-state index contributed by atoms with van der Waals surface area (Å²) < 4.78 is 0. The molecule has 0 spiro atoms. The monoisotopic (exact) mass is 279 g/mol. The van der Waals surface area contributed by atoms with Gasteiger partial charge >= 0.3 is 0 Å². The number of amides is 1. The highest BCUT2D eigenvalue weighted by atomic mass is 16.1. The number of benzene rings is 2. The van der Waals surface area contributed by atoms with E-state index in [1.807, 2.05) is 25.1 Å². The van der Waals surface area contributed by atoms with Gasteiger partial charge < -0.3 is 11.1 Å². The minimum Gasteiger partial charge on any atom is -0.399 e. The second-order valence-corrected chi connectivity index (χ2v) is 5.26. The zero-order valence-electron chi connectivity index (χ0n) is 11.8. The number of carbonyl (C=O) groups is 1. The fourth-order valence-electron chi connectivity index (χ4n) is 2.52. The van der Waals surface area contributed by atoms with Gasteiger partial charge in [-0.3, -0.25) is 9.79 Å². The number of carbonyl (C=O) groups excluding carboxylic acids is 1. The summed E-state index contributed by atoms with van der Waals surface area (Å²) in [5, 5.41) is 2.88. The highest BCUT2D eigenvalue weighted by molar-refractivity contribution is 6.49. The first-order valence-electron chi connectivity index (χ1n) is 6.96. The van der Waals surface area contributed by atoms with E-state index in [2.05, 4.69) is 16.4 Å². The molecule has 0 bridgehead atoms. The molecule has 0 radical (unpaired) electrons. The number of anilines is 2. The molecule has 1 unspecified atom stereocenters. The van der Waals surface area contributed by atoms with Gasteiger partial charge in [-0.15, -0.1) is 0 Å². The van der Waals surface area contributed by atoms with Crippen molar-refractivity contribution in [3.8, 4) is 0 Å². The van der Waals surface area contributed by atoms with E-state index >= 15 is 0 Å². The van der Waals surface area contributed by atoms with E-state index in [1.54, 1.807) is 24.3 Å². The Labute approximate surface area is 123 Å². The highest BCUT2D eigenvalue weighted by Gasteiger charge is 2.23. The number of rotatable bonds is 2. The Morgan fingerprint density at radius 3 is 2.67 bits per heavy atom. The second kappa shape index (κ2) is 5.40. The van der Waals surface area contributed by atoms with Crippen molar-refractivity contribution >= 4 is 23.0 Å². The van der Waals surface area contributed by atoms with Crippen molar-refractivity contribution in [1.82, 2.24) is 0 Å². The maximum absolute atomic E-state index is 12.5. The molecule has 4 nitrogen and oxygen atoms in total. The van der Waals surface area contributed by atoms with Gasteiger partial charge in [0, 0.05) is 16.9 Å². The van der Waals surface area contributed by atoms with Crippen LogP contribution in [-0.2, 0) is 11.2 Å². The average molecular weight is 279 g/mol. The van der Waals surface area contributed by atoms with Crippen molar-refractivity contribution in [1.29, 1.82) is 0 Å². The average Bonchev–Trinajstić information content (AvgIpc) is 2.48. The molecule has 2 aromatic rings. The molecule has 21 heavy (non-hydrogen) atoms. The molecular formula is C17H17N3O. The van der Waals surface area contributed by atoms with Crippen molar-refractivity contribution in [2.45, 2.75) is 19.4 Å². The van der Waals surface area contributed by atoms with Crippen molar-refractivity contribution in [2.75, 3.05) is 11.1 Å². The van der Waals surface area contributed by atoms with Crippen LogP contribution in [0.4, 0.5) is 11.4 Å². The number of nitrogen functional groups attached to an aromatic ring is 1. The Kier molecular flexibility index (Phi) is 3.44. The number of nitrogens with zero attached hydrogens (tertiary/aromatic N) is 1. The largest absolute Gasteiger partial charge is 0.399 e. The van der Waals surface area contributed by atoms with Gasteiger partial charge in [0.1, 0.15) is 5.71 Å². The van der Waals surface area contributed by atoms with E-state index in [1.165, 1.54) is 5.56 Å². The van der Waals surface area contributed by atoms with Crippen LogP contribution in [0.3, 0.4) is 0 Å².